The van der Waals surface area contributed by atoms with Crippen LogP contribution >= 0.6 is 0 Å². The fourth-order valence-corrected chi connectivity index (χ4v) is 2.59. The summed E-state index contributed by atoms with van der Waals surface area (Å²) in [7, 11) is 2.16. The van der Waals surface area contributed by atoms with Gasteiger partial charge in [0.05, 0.1) is 0 Å². The first kappa shape index (κ1) is 12.2. The van der Waals surface area contributed by atoms with Crippen molar-refractivity contribution >= 4 is 11.5 Å². The summed E-state index contributed by atoms with van der Waals surface area (Å²) < 4.78 is 0. The lowest BCUT2D eigenvalue weighted by atomic mass is 10.1. The molecule has 0 bridgehead atoms. The third kappa shape index (κ3) is 2.68. The molecule has 0 unspecified atom stereocenters. The largest absolute Gasteiger partial charge is 0.372 e. The van der Waals surface area contributed by atoms with Crippen LogP contribution in [0.2, 0.25) is 0 Å². The Kier molecular flexibility index (Phi) is 3.82. The van der Waals surface area contributed by atoms with E-state index in [0.29, 0.717) is 12.5 Å². The van der Waals surface area contributed by atoms with Crippen LogP contribution in [-0.4, -0.2) is 18.9 Å². The van der Waals surface area contributed by atoms with Crippen LogP contribution in [0.25, 0.3) is 0 Å². The van der Waals surface area contributed by atoms with Gasteiger partial charge in [0.1, 0.15) is 0 Å². The minimum Gasteiger partial charge on any atom is -0.372 e. The average molecular weight is 231 g/mol. The van der Waals surface area contributed by atoms with Gasteiger partial charge in [0.25, 0.3) is 0 Å². The normalized spacial score (nSPS) is 16.1. The van der Waals surface area contributed by atoms with Crippen LogP contribution < -0.4 is 4.90 Å². The molecule has 1 fully saturated rings. The molecule has 1 saturated carbocycles. The molecule has 0 aromatic heterocycles. The first-order valence-corrected chi connectivity index (χ1v) is 6.58. The van der Waals surface area contributed by atoms with Crippen molar-refractivity contribution in [3.8, 4) is 0 Å². The van der Waals surface area contributed by atoms with Crippen LogP contribution in [0.3, 0.4) is 0 Å². The number of ketones is 1. The van der Waals surface area contributed by atoms with E-state index in [1.54, 1.807) is 0 Å². The fraction of sp³-hybridized carbons (Fsp3) is 0.533. The van der Waals surface area contributed by atoms with E-state index in [1.807, 2.05) is 19.1 Å². The lowest BCUT2D eigenvalue weighted by Crippen LogP contribution is -2.28. The number of rotatable bonds is 4. The maximum atomic E-state index is 11.5. The molecule has 1 aromatic carbocycles. The van der Waals surface area contributed by atoms with Crippen LogP contribution in [0.5, 0.6) is 0 Å². The van der Waals surface area contributed by atoms with Gasteiger partial charge in [-0.05, 0) is 37.1 Å². The van der Waals surface area contributed by atoms with Gasteiger partial charge in [-0.1, -0.05) is 19.8 Å². The molecular formula is C15H21NO. The Balaban J connectivity index is 2.09. The second kappa shape index (κ2) is 5.35. The third-order valence-electron chi connectivity index (χ3n) is 3.79. The highest BCUT2D eigenvalue weighted by Gasteiger charge is 2.19. The summed E-state index contributed by atoms with van der Waals surface area (Å²) in [6.45, 7) is 1.90. The van der Waals surface area contributed by atoms with Gasteiger partial charge in [-0.15, -0.1) is 0 Å². The van der Waals surface area contributed by atoms with E-state index in [0.717, 1.165) is 5.56 Å². The summed E-state index contributed by atoms with van der Waals surface area (Å²) in [5.74, 6) is 0.222. The molecule has 2 nitrogen and oxygen atoms in total. The molecule has 1 aromatic rings. The standard InChI is InChI=1S/C15H21NO/c1-3-15(17)12-8-10-14(11-9-12)16(2)13-6-4-5-7-13/h8-11,13H,3-7H2,1-2H3. The molecule has 1 aliphatic rings. The van der Waals surface area contributed by atoms with Gasteiger partial charge in [-0.3, -0.25) is 4.79 Å². The number of nitrogens with zero attached hydrogens (tertiary/aromatic N) is 1. The Morgan fingerprint density at radius 1 is 1.24 bits per heavy atom. The van der Waals surface area contributed by atoms with E-state index in [9.17, 15) is 4.79 Å². The van der Waals surface area contributed by atoms with Gasteiger partial charge in [0.15, 0.2) is 5.78 Å². The van der Waals surface area contributed by atoms with Crippen molar-refractivity contribution in [3.63, 3.8) is 0 Å². The lowest BCUT2D eigenvalue weighted by molar-refractivity contribution is 0.0988. The molecule has 0 aliphatic heterocycles. The zero-order valence-corrected chi connectivity index (χ0v) is 10.8. The maximum absolute atomic E-state index is 11.5. The molecule has 0 saturated heterocycles. The monoisotopic (exact) mass is 231 g/mol. The minimum absolute atomic E-state index is 0.222. The molecule has 0 radical (unpaired) electrons. The van der Waals surface area contributed by atoms with Crippen LogP contribution in [0, 0.1) is 0 Å². The Hall–Kier alpha value is -1.31. The van der Waals surface area contributed by atoms with Crippen molar-refractivity contribution < 1.29 is 4.79 Å². The Bertz CT molecular complexity index is 376. The molecule has 17 heavy (non-hydrogen) atoms. The van der Waals surface area contributed by atoms with Crippen LogP contribution in [0.4, 0.5) is 5.69 Å². The summed E-state index contributed by atoms with van der Waals surface area (Å²) in [4.78, 5) is 13.9. The summed E-state index contributed by atoms with van der Waals surface area (Å²) in [6, 6.07) is 8.73. The van der Waals surface area contributed by atoms with E-state index in [4.69, 9.17) is 0 Å². The Labute approximate surface area is 104 Å². The Morgan fingerprint density at radius 3 is 2.35 bits per heavy atom. The quantitative estimate of drug-likeness (QED) is 0.737. The second-order valence-corrected chi connectivity index (χ2v) is 4.87. The third-order valence-corrected chi connectivity index (χ3v) is 3.79. The van der Waals surface area contributed by atoms with Crippen molar-refractivity contribution in [2.45, 2.75) is 45.1 Å². The Morgan fingerprint density at radius 2 is 1.82 bits per heavy atom. The highest BCUT2D eigenvalue weighted by Crippen LogP contribution is 2.27. The number of hydrogen-bond acceptors (Lipinski definition) is 2. The van der Waals surface area contributed by atoms with Crippen molar-refractivity contribution in [1.29, 1.82) is 0 Å². The van der Waals surface area contributed by atoms with Crippen molar-refractivity contribution in [3.05, 3.63) is 29.8 Å². The van der Waals surface area contributed by atoms with Crippen molar-refractivity contribution in [2.24, 2.45) is 0 Å². The van der Waals surface area contributed by atoms with Crippen LogP contribution in [0.1, 0.15) is 49.4 Å². The van der Waals surface area contributed by atoms with E-state index >= 15 is 0 Å². The van der Waals surface area contributed by atoms with E-state index in [-0.39, 0.29) is 5.78 Å². The van der Waals surface area contributed by atoms with Crippen molar-refractivity contribution in [1.82, 2.24) is 0 Å². The van der Waals surface area contributed by atoms with Gasteiger partial charge in [-0.2, -0.15) is 0 Å². The zero-order chi connectivity index (χ0) is 12.3. The molecule has 0 spiro atoms. The lowest BCUT2D eigenvalue weighted by Gasteiger charge is -2.26. The number of carbonyl (C=O) groups is 1. The number of carbonyl (C=O) groups excluding carboxylic acids is 1. The molecule has 2 rings (SSSR count). The summed E-state index contributed by atoms with van der Waals surface area (Å²) in [5, 5.41) is 0. The van der Waals surface area contributed by atoms with Gasteiger partial charge in [0.2, 0.25) is 0 Å². The zero-order valence-electron chi connectivity index (χ0n) is 10.8. The summed E-state index contributed by atoms with van der Waals surface area (Å²) in [6.07, 6.45) is 5.87. The second-order valence-electron chi connectivity index (χ2n) is 4.87. The SMILES string of the molecule is CCC(=O)c1ccc(N(C)C2CCCC2)cc1. The molecule has 2 heteroatoms. The minimum atomic E-state index is 0.222. The highest BCUT2D eigenvalue weighted by atomic mass is 16.1. The predicted octanol–water partition coefficient (Wildman–Crippen LogP) is 3.66. The van der Waals surface area contributed by atoms with Crippen molar-refractivity contribution in [2.75, 3.05) is 11.9 Å². The molecule has 0 amide bonds. The summed E-state index contributed by atoms with van der Waals surface area (Å²) >= 11 is 0. The molecule has 0 N–H and O–H groups in total. The first-order chi connectivity index (χ1) is 8.22. The average Bonchev–Trinajstić information content (AvgIpc) is 2.91. The van der Waals surface area contributed by atoms with Gasteiger partial charge in [0, 0.05) is 30.8 Å². The van der Waals surface area contributed by atoms with Crippen LogP contribution in [-0.2, 0) is 0 Å². The van der Waals surface area contributed by atoms with E-state index < -0.39 is 0 Å². The smallest absolute Gasteiger partial charge is 0.162 e. The summed E-state index contributed by atoms with van der Waals surface area (Å²) in [5.41, 5.74) is 2.06. The number of anilines is 1. The highest BCUT2D eigenvalue weighted by molar-refractivity contribution is 5.96. The fourth-order valence-electron chi connectivity index (χ4n) is 2.59. The molecule has 0 atom stereocenters. The van der Waals surface area contributed by atoms with E-state index in [1.165, 1.54) is 31.4 Å². The molecule has 0 heterocycles. The molecule has 1 aliphatic carbocycles. The van der Waals surface area contributed by atoms with Gasteiger partial charge in [-0.25, -0.2) is 0 Å². The first-order valence-electron chi connectivity index (χ1n) is 6.58. The number of Topliss-reactive ketones (excluding diaryl/α,β-unsaturated/α-hetero) is 1. The predicted molar refractivity (Wildman–Crippen MR) is 71.7 cm³/mol. The van der Waals surface area contributed by atoms with E-state index in [2.05, 4.69) is 24.1 Å². The van der Waals surface area contributed by atoms with Gasteiger partial charge >= 0.3 is 0 Å². The number of hydrogen-bond donors (Lipinski definition) is 0. The van der Waals surface area contributed by atoms with Crippen LogP contribution in [0.15, 0.2) is 24.3 Å². The maximum Gasteiger partial charge on any atom is 0.162 e. The topological polar surface area (TPSA) is 20.3 Å². The number of benzene rings is 1. The molecular weight excluding hydrogens is 210 g/mol. The van der Waals surface area contributed by atoms with Gasteiger partial charge < -0.3 is 4.90 Å². The molecule has 92 valence electrons.